The molecule has 22 heavy (non-hydrogen) atoms. The number of rotatable bonds is 1. The summed E-state index contributed by atoms with van der Waals surface area (Å²) in [7, 11) is 0. The molecular weight excluding hydrogens is 291 g/mol. The highest BCUT2D eigenvalue weighted by Gasteiger charge is 2.33. The van der Waals surface area contributed by atoms with Gasteiger partial charge in [0.25, 0.3) is 0 Å². The Morgan fingerprint density at radius 1 is 1.09 bits per heavy atom. The highest BCUT2D eigenvalue weighted by molar-refractivity contribution is 5.61. The van der Waals surface area contributed by atoms with Crippen molar-refractivity contribution in [3.63, 3.8) is 0 Å². The van der Waals surface area contributed by atoms with Gasteiger partial charge in [0.15, 0.2) is 5.69 Å². The molecule has 1 N–H and O–H groups in total. The number of hydrogen-bond donors (Lipinski definition) is 1. The van der Waals surface area contributed by atoms with Crippen LogP contribution in [0.1, 0.15) is 30.7 Å². The van der Waals surface area contributed by atoms with Crippen LogP contribution in [0.4, 0.5) is 13.2 Å². The molecule has 3 nitrogen and oxygen atoms in total. The third-order valence-electron chi connectivity index (χ3n) is 4.00. The van der Waals surface area contributed by atoms with Crippen molar-refractivity contribution < 1.29 is 13.2 Å². The van der Waals surface area contributed by atoms with Crippen molar-refractivity contribution in [3.05, 3.63) is 47.2 Å². The lowest BCUT2D eigenvalue weighted by Gasteiger charge is -2.34. The Kier molecular flexibility index (Phi) is 3.44. The largest absolute Gasteiger partial charge is 0.435 e. The Bertz CT molecular complexity index is 691. The monoisotopic (exact) mass is 307 g/mol. The average Bonchev–Trinajstić information content (AvgIpc) is 2.46. The smallest absolute Gasteiger partial charge is 0.307 e. The first-order valence-corrected chi connectivity index (χ1v) is 7.07. The molecule has 0 atom stereocenters. The summed E-state index contributed by atoms with van der Waals surface area (Å²) < 4.78 is 37.6. The van der Waals surface area contributed by atoms with Gasteiger partial charge in [-0.1, -0.05) is 12.1 Å². The molecule has 0 saturated carbocycles. The predicted molar refractivity (Wildman–Crippen MR) is 77.2 cm³/mol. The van der Waals surface area contributed by atoms with Gasteiger partial charge in [0.2, 0.25) is 0 Å². The van der Waals surface area contributed by atoms with Gasteiger partial charge in [0.1, 0.15) is 0 Å². The molecule has 6 heteroatoms. The molecule has 2 aromatic rings. The summed E-state index contributed by atoms with van der Waals surface area (Å²) in [5, 5.41) is 10.4. The van der Waals surface area contributed by atoms with Crippen molar-refractivity contribution in [2.75, 3.05) is 6.54 Å². The van der Waals surface area contributed by atoms with E-state index in [2.05, 4.69) is 29.4 Å². The highest BCUT2D eigenvalue weighted by Crippen LogP contribution is 2.32. The van der Waals surface area contributed by atoms with E-state index >= 15 is 0 Å². The number of nitrogens with zero attached hydrogens (tertiary/aromatic N) is 2. The molecular formula is C16H16F3N3. The van der Waals surface area contributed by atoms with Crippen LogP contribution >= 0.6 is 0 Å². The predicted octanol–water partition coefficient (Wildman–Crippen LogP) is 3.54. The summed E-state index contributed by atoms with van der Waals surface area (Å²) in [4.78, 5) is 0. The van der Waals surface area contributed by atoms with Crippen LogP contribution in [-0.2, 0) is 18.1 Å². The first-order chi connectivity index (χ1) is 10.3. The maximum atomic E-state index is 12.5. The zero-order valence-electron chi connectivity index (χ0n) is 12.3. The van der Waals surface area contributed by atoms with E-state index in [1.807, 2.05) is 18.2 Å². The number of aromatic nitrogens is 2. The van der Waals surface area contributed by atoms with E-state index < -0.39 is 11.9 Å². The lowest BCUT2D eigenvalue weighted by atomic mass is 9.84. The van der Waals surface area contributed by atoms with Gasteiger partial charge in [-0.05, 0) is 56.1 Å². The molecule has 1 aromatic heterocycles. The summed E-state index contributed by atoms with van der Waals surface area (Å²) in [5.41, 5.74) is 2.48. The third-order valence-corrected chi connectivity index (χ3v) is 4.00. The van der Waals surface area contributed by atoms with Crippen molar-refractivity contribution >= 4 is 0 Å². The van der Waals surface area contributed by atoms with Crippen molar-refractivity contribution in [1.29, 1.82) is 0 Å². The normalized spacial score (nSPS) is 17.1. The number of halogens is 3. The maximum absolute atomic E-state index is 12.5. The number of hydrogen-bond acceptors (Lipinski definition) is 3. The van der Waals surface area contributed by atoms with Crippen LogP contribution in [-0.4, -0.2) is 16.7 Å². The second-order valence-corrected chi connectivity index (χ2v) is 5.98. The molecule has 1 aliphatic heterocycles. The molecule has 0 unspecified atom stereocenters. The van der Waals surface area contributed by atoms with E-state index in [1.165, 1.54) is 11.6 Å². The quantitative estimate of drug-likeness (QED) is 0.875. The summed E-state index contributed by atoms with van der Waals surface area (Å²) in [5.74, 6) is 0. The molecule has 1 aliphatic rings. The Balaban J connectivity index is 1.99. The fourth-order valence-corrected chi connectivity index (χ4v) is 2.78. The lowest BCUT2D eigenvalue weighted by molar-refractivity contribution is -0.141. The summed E-state index contributed by atoms with van der Waals surface area (Å²) in [6.07, 6.45) is -3.52. The molecule has 0 aliphatic carbocycles. The standard InChI is InChI=1S/C16H16F3N3/c1-15(2)12-9-11(4-3-10(12)7-8-20-15)13-5-6-14(22-21-13)16(17,18)19/h3-6,9,20H,7-8H2,1-2H3. The summed E-state index contributed by atoms with van der Waals surface area (Å²) in [6, 6.07) is 8.22. The second-order valence-electron chi connectivity index (χ2n) is 5.98. The fourth-order valence-electron chi connectivity index (χ4n) is 2.78. The van der Waals surface area contributed by atoms with E-state index in [9.17, 15) is 13.2 Å². The number of fused-ring (bicyclic) bond motifs is 1. The number of nitrogens with one attached hydrogen (secondary N) is 1. The van der Waals surface area contributed by atoms with Crippen LogP contribution in [0.5, 0.6) is 0 Å². The molecule has 0 fully saturated rings. The van der Waals surface area contributed by atoms with E-state index in [0.29, 0.717) is 5.69 Å². The van der Waals surface area contributed by atoms with Crippen LogP contribution in [0, 0.1) is 0 Å². The minimum Gasteiger partial charge on any atom is -0.307 e. The average molecular weight is 307 g/mol. The Hall–Kier alpha value is -1.95. The number of alkyl halides is 3. The second kappa shape index (κ2) is 5.05. The summed E-state index contributed by atoms with van der Waals surface area (Å²) >= 11 is 0. The van der Waals surface area contributed by atoms with Gasteiger partial charge in [-0.25, -0.2) is 0 Å². The van der Waals surface area contributed by atoms with Gasteiger partial charge < -0.3 is 5.32 Å². The van der Waals surface area contributed by atoms with Gasteiger partial charge in [-0.3, -0.25) is 0 Å². The minimum atomic E-state index is -4.46. The van der Waals surface area contributed by atoms with Gasteiger partial charge in [0.05, 0.1) is 5.69 Å². The zero-order valence-corrected chi connectivity index (χ0v) is 12.3. The van der Waals surface area contributed by atoms with Crippen molar-refractivity contribution in [2.45, 2.75) is 32.0 Å². The first kappa shape index (κ1) is 15.0. The topological polar surface area (TPSA) is 37.8 Å². The van der Waals surface area contributed by atoms with Gasteiger partial charge in [-0.2, -0.15) is 13.2 Å². The van der Waals surface area contributed by atoms with E-state index in [-0.39, 0.29) is 5.54 Å². The van der Waals surface area contributed by atoms with E-state index in [4.69, 9.17) is 0 Å². The molecule has 0 radical (unpaired) electrons. The van der Waals surface area contributed by atoms with Crippen LogP contribution in [0.25, 0.3) is 11.3 Å². The van der Waals surface area contributed by atoms with Crippen molar-refractivity contribution in [3.8, 4) is 11.3 Å². The molecule has 3 rings (SSSR count). The van der Waals surface area contributed by atoms with Crippen LogP contribution < -0.4 is 5.32 Å². The van der Waals surface area contributed by atoms with Gasteiger partial charge in [0, 0.05) is 11.1 Å². The van der Waals surface area contributed by atoms with Crippen molar-refractivity contribution in [2.24, 2.45) is 0 Å². The first-order valence-electron chi connectivity index (χ1n) is 7.07. The fraction of sp³-hybridized carbons (Fsp3) is 0.375. The maximum Gasteiger partial charge on any atom is 0.435 e. The van der Waals surface area contributed by atoms with Crippen LogP contribution in [0.15, 0.2) is 30.3 Å². The molecule has 116 valence electrons. The van der Waals surface area contributed by atoms with E-state index in [0.717, 1.165) is 30.2 Å². The summed E-state index contributed by atoms with van der Waals surface area (Å²) in [6.45, 7) is 5.10. The van der Waals surface area contributed by atoms with Crippen LogP contribution in [0.2, 0.25) is 0 Å². The lowest BCUT2D eigenvalue weighted by Crippen LogP contribution is -2.42. The SMILES string of the molecule is CC1(C)NCCc2ccc(-c3ccc(C(F)(F)F)nn3)cc21. The highest BCUT2D eigenvalue weighted by atomic mass is 19.4. The Morgan fingerprint density at radius 3 is 2.50 bits per heavy atom. The van der Waals surface area contributed by atoms with E-state index in [1.54, 1.807) is 0 Å². The molecule has 1 aromatic carbocycles. The van der Waals surface area contributed by atoms with Crippen molar-refractivity contribution in [1.82, 2.24) is 15.5 Å². The zero-order chi connectivity index (χ0) is 16.0. The molecule has 0 spiro atoms. The number of benzene rings is 1. The molecule has 2 heterocycles. The van der Waals surface area contributed by atoms with Crippen LogP contribution in [0.3, 0.4) is 0 Å². The van der Waals surface area contributed by atoms with Gasteiger partial charge >= 0.3 is 6.18 Å². The Morgan fingerprint density at radius 2 is 1.86 bits per heavy atom. The molecule has 0 amide bonds. The van der Waals surface area contributed by atoms with Gasteiger partial charge in [-0.15, -0.1) is 10.2 Å². The molecule has 0 bridgehead atoms. The molecule has 0 saturated heterocycles. The third kappa shape index (κ3) is 2.70. The Labute approximate surface area is 126 Å². The minimum absolute atomic E-state index is 0.164.